The van der Waals surface area contributed by atoms with Crippen LogP contribution in [0.2, 0.25) is 0 Å². The highest BCUT2D eigenvalue weighted by Gasteiger charge is 2.40. The van der Waals surface area contributed by atoms with E-state index in [0.29, 0.717) is 39.6 Å². The van der Waals surface area contributed by atoms with Crippen LogP contribution in [-0.4, -0.2) is 72.1 Å². The third kappa shape index (κ3) is 5.60. The average Bonchev–Trinajstić information content (AvgIpc) is 2.37. The minimum atomic E-state index is -0.0147. The highest BCUT2D eigenvalue weighted by atomic mass is 16.6. The molecule has 0 aliphatic heterocycles. The van der Waals surface area contributed by atoms with E-state index >= 15 is 0 Å². The summed E-state index contributed by atoms with van der Waals surface area (Å²) in [6.45, 7) is 3.47. The van der Waals surface area contributed by atoms with Crippen molar-refractivity contribution in [1.29, 1.82) is 0 Å². The van der Waals surface area contributed by atoms with Crippen LogP contribution in [0.15, 0.2) is 0 Å². The summed E-state index contributed by atoms with van der Waals surface area (Å²) in [6.07, 6.45) is 0.914. The molecule has 6 nitrogen and oxygen atoms in total. The molecular weight excluding hydrogens is 238 g/mol. The van der Waals surface area contributed by atoms with Gasteiger partial charge in [0.05, 0.1) is 51.8 Å². The first-order valence-electron chi connectivity index (χ1n) is 6.34. The molecule has 0 radical (unpaired) electrons. The molecule has 0 amide bonds. The van der Waals surface area contributed by atoms with Gasteiger partial charge in [-0.3, -0.25) is 0 Å². The second-order valence-electron chi connectivity index (χ2n) is 4.24. The SMILES string of the molecule is COCCOCCOC1CC(N)C1OCCOC. The van der Waals surface area contributed by atoms with E-state index in [0.717, 1.165) is 6.42 Å². The molecule has 0 heterocycles. The summed E-state index contributed by atoms with van der Waals surface area (Å²) >= 11 is 0. The van der Waals surface area contributed by atoms with E-state index in [1.165, 1.54) is 0 Å². The Kier molecular flexibility index (Phi) is 8.49. The van der Waals surface area contributed by atoms with E-state index in [-0.39, 0.29) is 18.2 Å². The second-order valence-corrected chi connectivity index (χ2v) is 4.24. The molecular formula is C12H25NO5. The highest BCUT2D eigenvalue weighted by Crippen LogP contribution is 2.25. The maximum absolute atomic E-state index is 5.87. The molecule has 6 heteroatoms. The number of hydrogen-bond acceptors (Lipinski definition) is 6. The van der Waals surface area contributed by atoms with E-state index in [1.54, 1.807) is 14.2 Å². The molecule has 3 unspecified atom stereocenters. The van der Waals surface area contributed by atoms with Gasteiger partial charge in [-0.15, -0.1) is 0 Å². The highest BCUT2D eigenvalue weighted by molar-refractivity contribution is 4.95. The molecule has 18 heavy (non-hydrogen) atoms. The molecule has 108 valence electrons. The zero-order valence-corrected chi connectivity index (χ0v) is 11.3. The molecule has 0 spiro atoms. The fourth-order valence-electron chi connectivity index (χ4n) is 1.78. The van der Waals surface area contributed by atoms with Gasteiger partial charge in [0.1, 0.15) is 0 Å². The Labute approximate surface area is 109 Å². The van der Waals surface area contributed by atoms with Crippen molar-refractivity contribution in [2.45, 2.75) is 24.7 Å². The number of nitrogens with two attached hydrogens (primary N) is 1. The summed E-state index contributed by atoms with van der Waals surface area (Å²) in [6, 6.07) is 0.0706. The van der Waals surface area contributed by atoms with Crippen LogP contribution in [0.3, 0.4) is 0 Å². The number of ether oxygens (including phenoxy) is 5. The van der Waals surface area contributed by atoms with Crippen LogP contribution in [-0.2, 0) is 23.7 Å². The van der Waals surface area contributed by atoms with Crippen LogP contribution in [0, 0.1) is 0 Å². The topological polar surface area (TPSA) is 72.2 Å². The third-order valence-electron chi connectivity index (χ3n) is 2.88. The van der Waals surface area contributed by atoms with Crippen molar-refractivity contribution in [3.8, 4) is 0 Å². The monoisotopic (exact) mass is 263 g/mol. The Hall–Kier alpha value is -0.240. The third-order valence-corrected chi connectivity index (χ3v) is 2.88. The summed E-state index contributed by atoms with van der Waals surface area (Å²) in [4.78, 5) is 0. The molecule has 2 N–H and O–H groups in total. The minimum Gasteiger partial charge on any atom is -0.382 e. The van der Waals surface area contributed by atoms with E-state index in [1.807, 2.05) is 0 Å². The number of methoxy groups -OCH3 is 2. The van der Waals surface area contributed by atoms with Crippen molar-refractivity contribution in [2.24, 2.45) is 5.73 Å². The lowest BCUT2D eigenvalue weighted by molar-refractivity contribution is -0.150. The molecule has 0 aromatic carbocycles. The summed E-state index contributed by atoms with van der Waals surface area (Å²) in [5.41, 5.74) is 5.87. The molecule has 1 saturated carbocycles. The molecule has 1 aliphatic carbocycles. The van der Waals surface area contributed by atoms with Crippen LogP contribution in [0.1, 0.15) is 6.42 Å². The fourth-order valence-corrected chi connectivity index (χ4v) is 1.78. The lowest BCUT2D eigenvalue weighted by Gasteiger charge is -2.41. The van der Waals surface area contributed by atoms with E-state index in [2.05, 4.69) is 0 Å². The Bertz CT molecular complexity index is 205. The molecule has 1 aliphatic rings. The van der Waals surface area contributed by atoms with Crippen LogP contribution in [0.4, 0.5) is 0 Å². The summed E-state index contributed by atoms with van der Waals surface area (Å²) in [5, 5.41) is 0. The average molecular weight is 263 g/mol. The van der Waals surface area contributed by atoms with Crippen molar-refractivity contribution >= 4 is 0 Å². The number of rotatable bonds is 11. The Morgan fingerprint density at radius 1 is 0.889 bits per heavy atom. The van der Waals surface area contributed by atoms with Crippen molar-refractivity contribution < 1.29 is 23.7 Å². The van der Waals surface area contributed by atoms with Crippen molar-refractivity contribution in [2.75, 3.05) is 53.9 Å². The smallest absolute Gasteiger partial charge is 0.0989 e. The van der Waals surface area contributed by atoms with E-state index < -0.39 is 0 Å². The maximum atomic E-state index is 5.87. The normalized spacial score (nSPS) is 27.2. The van der Waals surface area contributed by atoms with Gasteiger partial charge in [0.2, 0.25) is 0 Å². The minimum absolute atomic E-state index is 0.0147. The molecule has 1 fully saturated rings. The standard InChI is InChI=1S/C12H25NO5/c1-14-3-5-16-6-8-17-11-9-10(13)12(11)18-7-4-15-2/h10-12H,3-9,13H2,1-2H3. The lowest BCUT2D eigenvalue weighted by atomic mass is 9.86. The maximum Gasteiger partial charge on any atom is 0.0989 e. The molecule has 0 aromatic rings. The van der Waals surface area contributed by atoms with Gasteiger partial charge in [0, 0.05) is 20.3 Å². The van der Waals surface area contributed by atoms with Crippen molar-refractivity contribution in [3.05, 3.63) is 0 Å². The lowest BCUT2D eigenvalue weighted by Crippen LogP contribution is -2.58. The predicted molar refractivity (Wildman–Crippen MR) is 66.6 cm³/mol. The zero-order valence-electron chi connectivity index (χ0n) is 11.3. The number of hydrogen-bond donors (Lipinski definition) is 1. The summed E-state index contributed by atoms with van der Waals surface area (Å²) in [5.74, 6) is 0. The summed E-state index contributed by atoms with van der Waals surface area (Å²) in [7, 11) is 3.30. The predicted octanol–water partition coefficient (Wildman–Crippen LogP) is -0.203. The van der Waals surface area contributed by atoms with Gasteiger partial charge in [-0.05, 0) is 6.42 Å². The molecule has 0 bridgehead atoms. The molecule has 1 rings (SSSR count). The van der Waals surface area contributed by atoms with Crippen LogP contribution >= 0.6 is 0 Å². The van der Waals surface area contributed by atoms with Crippen molar-refractivity contribution in [1.82, 2.24) is 0 Å². The Morgan fingerprint density at radius 3 is 2.17 bits per heavy atom. The van der Waals surface area contributed by atoms with E-state index in [9.17, 15) is 0 Å². The first-order chi connectivity index (χ1) is 8.79. The van der Waals surface area contributed by atoms with Crippen molar-refractivity contribution in [3.63, 3.8) is 0 Å². The van der Waals surface area contributed by atoms with Gasteiger partial charge in [0.25, 0.3) is 0 Å². The van der Waals surface area contributed by atoms with Crippen LogP contribution in [0.5, 0.6) is 0 Å². The summed E-state index contributed by atoms with van der Waals surface area (Å²) < 4.78 is 26.4. The van der Waals surface area contributed by atoms with Gasteiger partial charge < -0.3 is 29.4 Å². The Balaban J connectivity index is 2.00. The quantitative estimate of drug-likeness (QED) is 0.520. The van der Waals surface area contributed by atoms with Gasteiger partial charge in [-0.2, -0.15) is 0 Å². The van der Waals surface area contributed by atoms with Gasteiger partial charge in [-0.25, -0.2) is 0 Å². The van der Waals surface area contributed by atoms with Gasteiger partial charge in [-0.1, -0.05) is 0 Å². The molecule has 0 aromatic heterocycles. The first-order valence-corrected chi connectivity index (χ1v) is 6.34. The Morgan fingerprint density at radius 2 is 1.50 bits per heavy atom. The second kappa shape index (κ2) is 9.66. The fraction of sp³-hybridized carbons (Fsp3) is 1.00. The van der Waals surface area contributed by atoms with Crippen LogP contribution in [0.25, 0.3) is 0 Å². The first kappa shape index (κ1) is 15.8. The van der Waals surface area contributed by atoms with E-state index in [4.69, 9.17) is 29.4 Å². The van der Waals surface area contributed by atoms with Gasteiger partial charge >= 0.3 is 0 Å². The largest absolute Gasteiger partial charge is 0.382 e. The zero-order chi connectivity index (χ0) is 13.2. The molecule has 0 saturated heterocycles. The molecule has 3 atom stereocenters. The van der Waals surface area contributed by atoms with Gasteiger partial charge in [0.15, 0.2) is 0 Å². The van der Waals surface area contributed by atoms with Crippen LogP contribution < -0.4 is 5.73 Å².